The van der Waals surface area contributed by atoms with E-state index >= 15 is 0 Å². The lowest BCUT2D eigenvalue weighted by Crippen LogP contribution is -2.57. The molecule has 0 spiro atoms. The van der Waals surface area contributed by atoms with Gasteiger partial charge >= 0.3 is 5.97 Å². The van der Waals surface area contributed by atoms with Crippen LogP contribution >= 0.6 is 0 Å². The van der Waals surface area contributed by atoms with Crippen molar-refractivity contribution in [3.8, 4) is 0 Å². The van der Waals surface area contributed by atoms with E-state index in [4.69, 9.17) is 5.11 Å². The summed E-state index contributed by atoms with van der Waals surface area (Å²) in [5.41, 5.74) is -0.154. The lowest BCUT2D eigenvalue weighted by Gasteiger charge is -2.45. The van der Waals surface area contributed by atoms with E-state index in [1.165, 1.54) is 12.8 Å². The summed E-state index contributed by atoms with van der Waals surface area (Å²) in [6.45, 7) is 2.92. The molecule has 0 radical (unpaired) electrons. The highest BCUT2D eigenvalue weighted by atomic mass is 16.4. The molecule has 0 amide bonds. The Morgan fingerprint density at radius 3 is 2.44 bits per heavy atom. The Morgan fingerprint density at radius 2 is 2.00 bits per heavy atom. The fourth-order valence-electron chi connectivity index (χ4n) is 3.58. The van der Waals surface area contributed by atoms with Gasteiger partial charge in [-0.05, 0) is 39.3 Å². The lowest BCUT2D eigenvalue weighted by molar-refractivity contribution is -0.139. The Balaban J connectivity index is 2.12. The largest absolute Gasteiger partial charge is 0.481 e. The molecule has 0 aliphatic carbocycles. The first-order chi connectivity index (χ1) is 7.56. The summed E-state index contributed by atoms with van der Waals surface area (Å²) >= 11 is 0. The molecule has 2 bridgehead atoms. The van der Waals surface area contributed by atoms with Crippen molar-refractivity contribution in [3.05, 3.63) is 0 Å². The smallest absolute Gasteiger partial charge is 0.305 e. The Kier molecular flexibility index (Phi) is 3.22. The minimum atomic E-state index is -0.676. The number of hydrogen-bond acceptors (Lipinski definition) is 3. The molecule has 2 unspecified atom stereocenters. The number of rotatable bonds is 4. The highest BCUT2D eigenvalue weighted by Gasteiger charge is 2.47. The SMILES string of the molecule is CCNC1(CC(=O)O)CC2CCC(C1)N2C. The minimum absolute atomic E-state index is 0.154. The molecule has 2 N–H and O–H groups in total. The van der Waals surface area contributed by atoms with E-state index in [9.17, 15) is 4.79 Å². The van der Waals surface area contributed by atoms with Crippen molar-refractivity contribution >= 4 is 5.97 Å². The predicted molar refractivity (Wildman–Crippen MR) is 62.5 cm³/mol. The van der Waals surface area contributed by atoms with Gasteiger partial charge in [0.05, 0.1) is 6.42 Å². The number of nitrogens with zero attached hydrogens (tertiary/aromatic N) is 1. The van der Waals surface area contributed by atoms with Crippen LogP contribution in [0.2, 0.25) is 0 Å². The Labute approximate surface area is 97.0 Å². The molecule has 2 atom stereocenters. The third kappa shape index (κ3) is 2.09. The number of fused-ring (bicyclic) bond motifs is 2. The molecule has 16 heavy (non-hydrogen) atoms. The molecule has 2 heterocycles. The van der Waals surface area contributed by atoms with Crippen LogP contribution in [0.5, 0.6) is 0 Å². The van der Waals surface area contributed by atoms with Gasteiger partial charge in [0.2, 0.25) is 0 Å². The van der Waals surface area contributed by atoms with Gasteiger partial charge < -0.3 is 15.3 Å². The van der Waals surface area contributed by atoms with Crippen LogP contribution in [0.25, 0.3) is 0 Å². The molecule has 0 aromatic heterocycles. The van der Waals surface area contributed by atoms with Crippen LogP contribution < -0.4 is 5.32 Å². The summed E-state index contributed by atoms with van der Waals surface area (Å²) in [5.74, 6) is -0.676. The molecule has 2 aliphatic heterocycles. The summed E-state index contributed by atoms with van der Waals surface area (Å²) in [7, 11) is 2.18. The number of aliphatic carboxylic acids is 1. The van der Waals surface area contributed by atoms with E-state index in [1.54, 1.807) is 0 Å². The molecule has 2 rings (SSSR count). The zero-order chi connectivity index (χ0) is 11.8. The van der Waals surface area contributed by atoms with Crippen molar-refractivity contribution in [2.75, 3.05) is 13.6 Å². The molecule has 2 aliphatic rings. The summed E-state index contributed by atoms with van der Waals surface area (Å²) in [6, 6.07) is 1.16. The van der Waals surface area contributed by atoms with Crippen LogP contribution in [0.4, 0.5) is 0 Å². The van der Waals surface area contributed by atoms with E-state index < -0.39 is 5.97 Å². The lowest BCUT2D eigenvalue weighted by atomic mass is 9.80. The van der Waals surface area contributed by atoms with Gasteiger partial charge in [-0.1, -0.05) is 6.92 Å². The predicted octanol–water partition coefficient (Wildman–Crippen LogP) is 1.07. The van der Waals surface area contributed by atoms with Crippen molar-refractivity contribution in [2.45, 2.75) is 56.7 Å². The fourth-order valence-corrected chi connectivity index (χ4v) is 3.58. The first-order valence-corrected chi connectivity index (χ1v) is 6.25. The monoisotopic (exact) mass is 226 g/mol. The maximum Gasteiger partial charge on any atom is 0.305 e. The summed E-state index contributed by atoms with van der Waals surface area (Å²) in [6.07, 6.45) is 4.70. The average Bonchev–Trinajstić information content (AvgIpc) is 2.44. The van der Waals surface area contributed by atoms with E-state index in [1.807, 2.05) is 0 Å². The average molecular weight is 226 g/mol. The van der Waals surface area contributed by atoms with Gasteiger partial charge in [0.15, 0.2) is 0 Å². The van der Waals surface area contributed by atoms with Gasteiger partial charge in [-0.25, -0.2) is 0 Å². The first-order valence-electron chi connectivity index (χ1n) is 6.25. The van der Waals surface area contributed by atoms with Crippen LogP contribution in [0.1, 0.15) is 39.0 Å². The van der Waals surface area contributed by atoms with Crippen molar-refractivity contribution in [3.63, 3.8) is 0 Å². The number of hydrogen-bond donors (Lipinski definition) is 2. The van der Waals surface area contributed by atoms with Crippen molar-refractivity contribution < 1.29 is 9.90 Å². The Hall–Kier alpha value is -0.610. The topological polar surface area (TPSA) is 52.6 Å². The van der Waals surface area contributed by atoms with Gasteiger partial charge in [-0.3, -0.25) is 4.79 Å². The minimum Gasteiger partial charge on any atom is -0.481 e. The molecule has 2 fully saturated rings. The quantitative estimate of drug-likeness (QED) is 0.753. The highest BCUT2D eigenvalue weighted by Crippen LogP contribution is 2.41. The molecular formula is C12H22N2O2. The zero-order valence-electron chi connectivity index (χ0n) is 10.2. The van der Waals surface area contributed by atoms with Gasteiger partial charge in [0.25, 0.3) is 0 Å². The third-order valence-corrected chi connectivity index (χ3v) is 4.28. The summed E-state index contributed by atoms with van der Waals surface area (Å²) in [5, 5.41) is 12.5. The maximum atomic E-state index is 11.0. The van der Waals surface area contributed by atoms with Crippen LogP contribution in [0.3, 0.4) is 0 Å². The number of carboxylic acid groups (broad SMARTS) is 1. The van der Waals surface area contributed by atoms with Crippen molar-refractivity contribution in [1.29, 1.82) is 0 Å². The fraction of sp³-hybridized carbons (Fsp3) is 0.917. The van der Waals surface area contributed by atoms with Crippen molar-refractivity contribution in [2.24, 2.45) is 0 Å². The first kappa shape index (κ1) is 11.9. The van der Waals surface area contributed by atoms with Gasteiger partial charge in [-0.2, -0.15) is 0 Å². The third-order valence-electron chi connectivity index (χ3n) is 4.28. The standard InChI is InChI=1S/C12H22N2O2/c1-3-13-12(8-11(15)16)6-9-4-5-10(7-12)14(9)2/h9-10,13H,3-8H2,1-2H3,(H,15,16). The van der Waals surface area contributed by atoms with Gasteiger partial charge in [0, 0.05) is 17.6 Å². The molecular weight excluding hydrogens is 204 g/mol. The highest BCUT2D eigenvalue weighted by molar-refractivity contribution is 5.68. The second-order valence-corrected chi connectivity index (χ2v) is 5.34. The summed E-state index contributed by atoms with van der Waals surface area (Å²) in [4.78, 5) is 13.5. The van der Waals surface area contributed by atoms with Crippen LogP contribution in [0, 0.1) is 0 Å². The summed E-state index contributed by atoms with van der Waals surface area (Å²) < 4.78 is 0. The molecule has 92 valence electrons. The van der Waals surface area contributed by atoms with E-state index in [-0.39, 0.29) is 12.0 Å². The molecule has 0 aromatic carbocycles. The molecule has 4 nitrogen and oxygen atoms in total. The number of nitrogens with one attached hydrogen (secondary N) is 1. The van der Waals surface area contributed by atoms with E-state index in [2.05, 4.69) is 24.2 Å². The number of piperidine rings is 1. The second kappa shape index (κ2) is 4.34. The zero-order valence-corrected chi connectivity index (χ0v) is 10.2. The number of carbonyl (C=O) groups is 1. The van der Waals surface area contributed by atoms with Crippen LogP contribution in [0.15, 0.2) is 0 Å². The van der Waals surface area contributed by atoms with Gasteiger partial charge in [0.1, 0.15) is 0 Å². The molecule has 2 saturated heterocycles. The van der Waals surface area contributed by atoms with Crippen LogP contribution in [-0.2, 0) is 4.79 Å². The Morgan fingerprint density at radius 1 is 1.44 bits per heavy atom. The van der Waals surface area contributed by atoms with Gasteiger partial charge in [-0.15, -0.1) is 0 Å². The van der Waals surface area contributed by atoms with Crippen LogP contribution in [-0.4, -0.2) is 47.2 Å². The molecule has 0 saturated carbocycles. The molecule has 4 heteroatoms. The normalized spacial score (nSPS) is 38.9. The maximum absolute atomic E-state index is 11.0. The number of carboxylic acids is 1. The molecule has 0 aromatic rings. The van der Waals surface area contributed by atoms with Crippen molar-refractivity contribution in [1.82, 2.24) is 10.2 Å². The second-order valence-electron chi connectivity index (χ2n) is 5.34. The van der Waals surface area contributed by atoms with E-state index in [0.717, 1.165) is 19.4 Å². The Bertz CT molecular complexity index is 266. The van der Waals surface area contributed by atoms with E-state index in [0.29, 0.717) is 12.1 Å².